The second-order valence-electron chi connectivity index (χ2n) is 3.66. The summed E-state index contributed by atoms with van der Waals surface area (Å²) in [6.07, 6.45) is 4.10. The van der Waals surface area contributed by atoms with Crippen molar-refractivity contribution >= 4 is 11.8 Å². The number of nitriles is 1. The number of ether oxygens (including phenoxy) is 1. The summed E-state index contributed by atoms with van der Waals surface area (Å²) in [4.78, 5) is 0. The summed E-state index contributed by atoms with van der Waals surface area (Å²) in [6.45, 7) is 1.77. The maximum Gasteiger partial charge on any atom is 0.103 e. The fourth-order valence-electron chi connectivity index (χ4n) is 2.02. The van der Waals surface area contributed by atoms with Crippen molar-refractivity contribution in [3.05, 3.63) is 0 Å². The second kappa shape index (κ2) is 2.15. The van der Waals surface area contributed by atoms with Crippen molar-refractivity contribution in [1.82, 2.24) is 0 Å². The molecule has 60 valence electrons. The van der Waals surface area contributed by atoms with E-state index in [2.05, 4.69) is 6.07 Å². The molecule has 0 atom stereocenters. The zero-order valence-electron chi connectivity index (χ0n) is 6.59. The predicted octanol–water partition coefficient (Wildman–Crippen LogP) is 1.42. The van der Waals surface area contributed by atoms with Gasteiger partial charge in [-0.2, -0.15) is 5.26 Å². The normalized spacial score (nSPS) is 30.2. The molecule has 2 rings (SSSR count). The van der Waals surface area contributed by atoms with Gasteiger partial charge in [0.25, 0.3) is 0 Å². The zero-order valence-corrected chi connectivity index (χ0v) is 7.41. The standard InChI is InChI=1S/C8H11NOS/c1-11-8(4-9)2-7(3-8)5-10-6-7/h2-3,5-6H2,1H3. The molecule has 0 unspecified atom stereocenters. The lowest BCUT2D eigenvalue weighted by atomic mass is 9.60. The Kier molecular flexibility index (Phi) is 1.45. The molecule has 1 aliphatic carbocycles. The minimum absolute atomic E-state index is 0.0657. The van der Waals surface area contributed by atoms with Crippen LogP contribution in [-0.4, -0.2) is 24.2 Å². The smallest absolute Gasteiger partial charge is 0.103 e. The summed E-state index contributed by atoms with van der Waals surface area (Å²) in [5.41, 5.74) is 0.415. The highest BCUT2D eigenvalue weighted by molar-refractivity contribution is 8.00. The van der Waals surface area contributed by atoms with E-state index in [4.69, 9.17) is 10.00 Å². The van der Waals surface area contributed by atoms with E-state index in [9.17, 15) is 0 Å². The Morgan fingerprint density at radius 3 is 2.36 bits per heavy atom. The van der Waals surface area contributed by atoms with Crippen molar-refractivity contribution in [1.29, 1.82) is 5.26 Å². The monoisotopic (exact) mass is 169 g/mol. The highest BCUT2D eigenvalue weighted by atomic mass is 32.2. The van der Waals surface area contributed by atoms with Gasteiger partial charge < -0.3 is 4.74 Å². The van der Waals surface area contributed by atoms with Gasteiger partial charge in [-0.25, -0.2) is 0 Å². The Hall–Kier alpha value is -0.200. The van der Waals surface area contributed by atoms with E-state index in [0.29, 0.717) is 5.41 Å². The molecule has 0 N–H and O–H groups in total. The molecule has 2 aliphatic rings. The van der Waals surface area contributed by atoms with Crippen LogP contribution in [0.3, 0.4) is 0 Å². The van der Waals surface area contributed by atoms with E-state index in [-0.39, 0.29) is 4.75 Å². The van der Waals surface area contributed by atoms with Gasteiger partial charge in [0.1, 0.15) is 4.75 Å². The van der Waals surface area contributed by atoms with Crippen molar-refractivity contribution in [2.45, 2.75) is 17.6 Å². The highest BCUT2D eigenvalue weighted by Gasteiger charge is 2.58. The first-order valence-corrected chi connectivity index (χ1v) is 5.01. The number of thioether (sulfide) groups is 1. The molecule has 1 aliphatic heterocycles. The molecule has 11 heavy (non-hydrogen) atoms. The van der Waals surface area contributed by atoms with Gasteiger partial charge in [0.05, 0.1) is 19.3 Å². The predicted molar refractivity (Wildman–Crippen MR) is 44.3 cm³/mol. The van der Waals surface area contributed by atoms with Gasteiger partial charge >= 0.3 is 0 Å². The number of hydrogen-bond donors (Lipinski definition) is 0. The van der Waals surface area contributed by atoms with Crippen LogP contribution in [0.2, 0.25) is 0 Å². The van der Waals surface area contributed by atoms with Crippen LogP contribution in [-0.2, 0) is 4.74 Å². The van der Waals surface area contributed by atoms with Crippen LogP contribution in [0, 0.1) is 16.7 Å². The molecule has 1 saturated carbocycles. The minimum atomic E-state index is -0.0657. The first kappa shape index (κ1) is 7.45. The van der Waals surface area contributed by atoms with Gasteiger partial charge in [0.15, 0.2) is 0 Å². The Morgan fingerprint density at radius 2 is 2.09 bits per heavy atom. The summed E-state index contributed by atoms with van der Waals surface area (Å²) in [5, 5.41) is 8.88. The largest absolute Gasteiger partial charge is 0.380 e. The van der Waals surface area contributed by atoms with Crippen molar-refractivity contribution < 1.29 is 4.74 Å². The van der Waals surface area contributed by atoms with Crippen LogP contribution >= 0.6 is 11.8 Å². The van der Waals surface area contributed by atoms with E-state index in [1.165, 1.54) is 0 Å². The van der Waals surface area contributed by atoms with Gasteiger partial charge in [-0.1, -0.05) is 0 Å². The number of nitrogens with zero attached hydrogens (tertiary/aromatic N) is 1. The first-order valence-electron chi connectivity index (χ1n) is 3.78. The van der Waals surface area contributed by atoms with Crippen molar-refractivity contribution in [2.24, 2.45) is 5.41 Å². The third kappa shape index (κ3) is 0.896. The lowest BCUT2D eigenvalue weighted by molar-refractivity contribution is -0.161. The molecular weight excluding hydrogens is 158 g/mol. The fourth-order valence-corrected chi connectivity index (χ4v) is 3.02. The summed E-state index contributed by atoms with van der Waals surface area (Å²) < 4.78 is 5.08. The maximum absolute atomic E-state index is 8.88. The lowest BCUT2D eigenvalue weighted by Crippen LogP contribution is -2.59. The Balaban J connectivity index is 2.00. The molecule has 0 aromatic rings. The average molecular weight is 169 g/mol. The van der Waals surface area contributed by atoms with E-state index >= 15 is 0 Å². The first-order chi connectivity index (χ1) is 5.24. The molecule has 0 amide bonds. The van der Waals surface area contributed by atoms with Gasteiger partial charge in [-0.15, -0.1) is 11.8 Å². The second-order valence-corrected chi connectivity index (χ2v) is 4.85. The molecule has 2 fully saturated rings. The van der Waals surface area contributed by atoms with E-state index in [1.807, 2.05) is 6.26 Å². The third-order valence-corrected chi connectivity index (χ3v) is 3.89. The highest BCUT2D eigenvalue weighted by Crippen LogP contribution is 2.58. The van der Waals surface area contributed by atoms with Crippen molar-refractivity contribution in [3.8, 4) is 6.07 Å². The molecule has 1 saturated heterocycles. The van der Waals surface area contributed by atoms with Crippen LogP contribution in [0.15, 0.2) is 0 Å². The molecule has 0 radical (unpaired) electrons. The summed E-state index contributed by atoms with van der Waals surface area (Å²) >= 11 is 1.69. The van der Waals surface area contributed by atoms with Gasteiger partial charge in [0.2, 0.25) is 0 Å². The minimum Gasteiger partial charge on any atom is -0.380 e. The van der Waals surface area contributed by atoms with Crippen LogP contribution in [0.1, 0.15) is 12.8 Å². The van der Waals surface area contributed by atoms with Gasteiger partial charge in [0, 0.05) is 5.41 Å². The molecule has 1 spiro atoms. The summed E-state index contributed by atoms with van der Waals surface area (Å²) in [6, 6.07) is 2.40. The SMILES string of the molecule is CSC1(C#N)CC2(COC2)C1. The Labute approximate surface area is 70.9 Å². The third-order valence-electron chi connectivity index (χ3n) is 2.73. The fraction of sp³-hybridized carbons (Fsp3) is 0.875. The molecule has 0 aromatic heterocycles. The van der Waals surface area contributed by atoms with Crippen LogP contribution in [0.5, 0.6) is 0 Å². The van der Waals surface area contributed by atoms with Crippen molar-refractivity contribution in [3.63, 3.8) is 0 Å². The number of hydrogen-bond acceptors (Lipinski definition) is 3. The van der Waals surface area contributed by atoms with E-state index in [0.717, 1.165) is 26.1 Å². The van der Waals surface area contributed by atoms with Gasteiger partial charge in [-0.05, 0) is 19.1 Å². The molecular formula is C8H11NOS. The van der Waals surface area contributed by atoms with Crippen molar-refractivity contribution in [2.75, 3.05) is 19.5 Å². The van der Waals surface area contributed by atoms with E-state index in [1.54, 1.807) is 11.8 Å². The summed E-state index contributed by atoms with van der Waals surface area (Å²) in [7, 11) is 0. The molecule has 2 nitrogen and oxygen atoms in total. The zero-order chi connectivity index (χ0) is 7.95. The lowest BCUT2D eigenvalue weighted by Gasteiger charge is -2.56. The average Bonchev–Trinajstić information content (AvgIpc) is 1.85. The molecule has 1 heterocycles. The maximum atomic E-state index is 8.88. The van der Waals surface area contributed by atoms with E-state index < -0.39 is 0 Å². The molecule has 3 heteroatoms. The quantitative estimate of drug-likeness (QED) is 0.595. The topological polar surface area (TPSA) is 33.0 Å². The molecule has 0 aromatic carbocycles. The number of rotatable bonds is 1. The summed E-state index contributed by atoms with van der Waals surface area (Å²) in [5.74, 6) is 0. The van der Waals surface area contributed by atoms with Crippen LogP contribution < -0.4 is 0 Å². The Bertz CT molecular complexity index is 209. The van der Waals surface area contributed by atoms with Crippen LogP contribution in [0.25, 0.3) is 0 Å². The van der Waals surface area contributed by atoms with Crippen LogP contribution in [0.4, 0.5) is 0 Å². The van der Waals surface area contributed by atoms with Gasteiger partial charge in [-0.3, -0.25) is 0 Å². The Morgan fingerprint density at radius 1 is 1.45 bits per heavy atom. The molecule has 0 bridgehead atoms.